The monoisotopic (exact) mass is 374 g/mol. The molecular formula is C18H28Cl2N2O2. The Morgan fingerprint density at radius 3 is 2.71 bits per heavy atom. The number of halogens is 2. The zero-order valence-electron chi connectivity index (χ0n) is 14.3. The highest BCUT2D eigenvalue weighted by atomic mass is 35.5. The van der Waals surface area contributed by atoms with Crippen LogP contribution in [0, 0.1) is 0 Å². The van der Waals surface area contributed by atoms with Crippen LogP contribution < -0.4 is 10.1 Å². The normalized spacial score (nSPS) is 14.8. The molecule has 24 heavy (non-hydrogen) atoms. The molecule has 4 nitrogen and oxygen atoms in total. The lowest BCUT2D eigenvalue weighted by Crippen LogP contribution is -2.46. The fourth-order valence-electron chi connectivity index (χ4n) is 2.98. The van der Waals surface area contributed by atoms with Crippen molar-refractivity contribution in [1.29, 1.82) is 0 Å². The maximum Gasteiger partial charge on any atom is 0.222 e. The Kier molecular flexibility index (Phi) is 10.2. The molecular weight excluding hydrogens is 347 g/mol. The SMILES string of the molecule is CCCN(C(=O)CCCOc1ccccc1Cl)C1CCNCC1.Cl. The molecule has 0 saturated carbocycles. The summed E-state index contributed by atoms with van der Waals surface area (Å²) in [4.78, 5) is 14.6. The molecule has 0 atom stereocenters. The van der Waals surface area contributed by atoms with Crippen molar-refractivity contribution < 1.29 is 9.53 Å². The largest absolute Gasteiger partial charge is 0.492 e. The molecule has 1 N–H and O–H groups in total. The third kappa shape index (κ3) is 6.50. The maximum absolute atomic E-state index is 12.5. The molecule has 0 radical (unpaired) electrons. The molecule has 1 fully saturated rings. The highest BCUT2D eigenvalue weighted by Gasteiger charge is 2.24. The van der Waals surface area contributed by atoms with Crippen LogP contribution in [0.25, 0.3) is 0 Å². The molecule has 0 aliphatic carbocycles. The van der Waals surface area contributed by atoms with E-state index in [9.17, 15) is 4.79 Å². The number of piperidine rings is 1. The average molecular weight is 375 g/mol. The summed E-state index contributed by atoms with van der Waals surface area (Å²) in [5.41, 5.74) is 0. The van der Waals surface area contributed by atoms with Crippen molar-refractivity contribution in [2.45, 2.75) is 45.1 Å². The van der Waals surface area contributed by atoms with Gasteiger partial charge in [-0.3, -0.25) is 4.79 Å². The van der Waals surface area contributed by atoms with Crippen molar-refractivity contribution in [2.24, 2.45) is 0 Å². The average Bonchev–Trinajstić information content (AvgIpc) is 2.58. The summed E-state index contributed by atoms with van der Waals surface area (Å²) in [6.45, 7) is 5.51. The second-order valence-corrected chi connectivity index (χ2v) is 6.36. The molecule has 6 heteroatoms. The fraction of sp³-hybridized carbons (Fsp3) is 0.611. The number of hydrogen-bond donors (Lipinski definition) is 1. The van der Waals surface area contributed by atoms with Gasteiger partial charge >= 0.3 is 0 Å². The van der Waals surface area contributed by atoms with Crippen molar-refractivity contribution in [1.82, 2.24) is 10.2 Å². The molecule has 0 spiro atoms. The van der Waals surface area contributed by atoms with E-state index in [1.54, 1.807) is 0 Å². The summed E-state index contributed by atoms with van der Waals surface area (Å²) >= 11 is 6.05. The topological polar surface area (TPSA) is 41.6 Å². The number of rotatable bonds is 8. The molecule has 1 aliphatic rings. The van der Waals surface area contributed by atoms with E-state index in [1.165, 1.54) is 0 Å². The standard InChI is InChI=1S/C18H27ClN2O2.ClH/c1-2-13-21(15-9-11-20-12-10-15)18(22)8-5-14-23-17-7-4-3-6-16(17)19;/h3-4,6-7,15,20H,2,5,8-14H2,1H3;1H. The summed E-state index contributed by atoms with van der Waals surface area (Å²) in [5.74, 6) is 0.937. The van der Waals surface area contributed by atoms with Crippen molar-refractivity contribution in [3.63, 3.8) is 0 Å². The van der Waals surface area contributed by atoms with Gasteiger partial charge in [-0.05, 0) is 50.9 Å². The Bertz CT molecular complexity index is 494. The lowest BCUT2D eigenvalue weighted by molar-refractivity contribution is -0.134. The van der Waals surface area contributed by atoms with Crippen LogP contribution in [0.5, 0.6) is 5.75 Å². The first-order chi connectivity index (χ1) is 11.2. The molecule has 0 aromatic heterocycles. The second kappa shape index (κ2) is 11.6. The molecule has 1 amide bonds. The number of hydrogen-bond acceptors (Lipinski definition) is 3. The van der Waals surface area contributed by atoms with Gasteiger partial charge in [0, 0.05) is 19.0 Å². The van der Waals surface area contributed by atoms with Crippen molar-refractivity contribution in [3.05, 3.63) is 29.3 Å². The van der Waals surface area contributed by atoms with E-state index >= 15 is 0 Å². The lowest BCUT2D eigenvalue weighted by atomic mass is 10.0. The van der Waals surface area contributed by atoms with E-state index < -0.39 is 0 Å². The minimum atomic E-state index is 0. The van der Waals surface area contributed by atoms with Crippen LogP contribution in [-0.4, -0.2) is 43.1 Å². The number of carbonyl (C=O) groups excluding carboxylic acids is 1. The molecule has 1 aromatic carbocycles. The van der Waals surface area contributed by atoms with Gasteiger partial charge in [0.25, 0.3) is 0 Å². The minimum Gasteiger partial charge on any atom is -0.492 e. The number of nitrogens with zero attached hydrogens (tertiary/aromatic N) is 1. The van der Waals surface area contributed by atoms with E-state index in [1.807, 2.05) is 24.3 Å². The first-order valence-corrected chi connectivity index (χ1v) is 8.97. The first kappa shape index (κ1) is 21.1. The highest BCUT2D eigenvalue weighted by Crippen LogP contribution is 2.23. The Balaban J connectivity index is 0.00000288. The third-order valence-electron chi connectivity index (χ3n) is 4.16. The highest BCUT2D eigenvalue weighted by molar-refractivity contribution is 6.32. The van der Waals surface area contributed by atoms with Gasteiger partial charge in [-0.15, -0.1) is 12.4 Å². The van der Waals surface area contributed by atoms with Crippen LogP contribution in [-0.2, 0) is 4.79 Å². The van der Waals surface area contributed by atoms with E-state index in [0.29, 0.717) is 29.8 Å². The van der Waals surface area contributed by atoms with Crippen LogP contribution in [0.4, 0.5) is 0 Å². The summed E-state index contributed by atoms with van der Waals surface area (Å²) in [7, 11) is 0. The third-order valence-corrected chi connectivity index (χ3v) is 4.48. The summed E-state index contributed by atoms with van der Waals surface area (Å²) in [6, 6.07) is 7.82. The smallest absolute Gasteiger partial charge is 0.222 e. The number of amides is 1. The minimum absolute atomic E-state index is 0. The molecule has 0 bridgehead atoms. The first-order valence-electron chi connectivity index (χ1n) is 8.60. The van der Waals surface area contributed by atoms with Gasteiger partial charge in [0.1, 0.15) is 5.75 Å². The van der Waals surface area contributed by atoms with E-state index in [4.69, 9.17) is 16.3 Å². The molecule has 1 saturated heterocycles. The van der Waals surface area contributed by atoms with Gasteiger partial charge in [-0.25, -0.2) is 0 Å². The Hall–Kier alpha value is -0.970. The summed E-state index contributed by atoms with van der Waals surface area (Å²) < 4.78 is 5.66. The van der Waals surface area contributed by atoms with Gasteiger partial charge in [0.05, 0.1) is 11.6 Å². The van der Waals surface area contributed by atoms with Crippen molar-refractivity contribution >= 4 is 29.9 Å². The number of ether oxygens (including phenoxy) is 1. The molecule has 1 heterocycles. The Morgan fingerprint density at radius 1 is 1.33 bits per heavy atom. The number of benzene rings is 1. The molecule has 1 aliphatic heterocycles. The van der Waals surface area contributed by atoms with Gasteiger partial charge in [0.15, 0.2) is 0 Å². The van der Waals surface area contributed by atoms with Gasteiger partial charge < -0.3 is 15.0 Å². The summed E-state index contributed by atoms with van der Waals surface area (Å²) in [6.07, 6.45) is 4.37. The predicted molar refractivity (Wildman–Crippen MR) is 101 cm³/mol. The molecule has 2 rings (SSSR count). The molecule has 1 aromatic rings. The van der Waals surface area contributed by atoms with E-state index in [-0.39, 0.29) is 18.3 Å². The van der Waals surface area contributed by atoms with Crippen LogP contribution in [0.15, 0.2) is 24.3 Å². The second-order valence-electron chi connectivity index (χ2n) is 5.95. The zero-order valence-corrected chi connectivity index (χ0v) is 15.9. The maximum atomic E-state index is 12.5. The quantitative estimate of drug-likeness (QED) is 0.701. The van der Waals surface area contributed by atoms with Gasteiger partial charge in [-0.2, -0.15) is 0 Å². The lowest BCUT2D eigenvalue weighted by Gasteiger charge is -2.34. The van der Waals surface area contributed by atoms with Crippen molar-refractivity contribution in [2.75, 3.05) is 26.2 Å². The van der Waals surface area contributed by atoms with Crippen LogP contribution in [0.3, 0.4) is 0 Å². The van der Waals surface area contributed by atoms with Gasteiger partial charge in [0.2, 0.25) is 5.91 Å². The van der Waals surface area contributed by atoms with E-state index in [0.717, 1.165) is 45.3 Å². The summed E-state index contributed by atoms with van der Waals surface area (Å²) in [5, 5.41) is 3.97. The van der Waals surface area contributed by atoms with Crippen LogP contribution in [0.2, 0.25) is 5.02 Å². The van der Waals surface area contributed by atoms with Crippen molar-refractivity contribution in [3.8, 4) is 5.75 Å². The molecule has 0 unspecified atom stereocenters. The number of carbonyl (C=O) groups is 1. The Morgan fingerprint density at radius 2 is 2.04 bits per heavy atom. The number of nitrogens with one attached hydrogen (secondary N) is 1. The number of para-hydroxylation sites is 1. The fourth-order valence-corrected chi connectivity index (χ4v) is 3.17. The zero-order chi connectivity index (χ0) is 16.5. The van der Waals surface area contributed by atoms with Gasteiger partial charge in [-0.1, -0.05) is 30.7 Å². The Labute approximate surface area is 156 Å². The van der Waals surface area contributed by atoms with Crippen LogP contribution >= 0.6 is 24.0 Å². The molecule has 136 valence electrons. The van der Waals surface area contributed by atoms with E-state index in [2.05, 4.69) is 17.1 Å². The van der Waals surface area contributed by atoms with Crippen LogP contribution in [0.1, 0.15) is 39.0 Å². The predicted octanol–water partition coefficient (Wildman–Crippen LogP) is 3.91.